The van der Waals surface area contributed by atoms with E-state index in [4.69, 9.17) is 4.74 Å². The van der Waals surface area contributed by atoms with E-state index in [1.807, 2.05) is 71.3 Å². The van der Waals surface area contributed by atoms with E-state index < -0.39 is 0 Å². The summed E-state index contributed by atoms with van der Waals surface area (Å²) < 4.78 is 5.23. The summed E-state index contributed by atoms with van der Waals surface area (Å²) in [7, 11) is 1.61. The van der Waals surface area contributed by atoms with Crippen LogP contribution in [0.2, 0.25) is 0 Å². The summed E-state index contributed by atoms with van der Waals surface area (Å²) >= 11 is 0. The molecule has 4 rings (SSSR count). The van der Waals surface area contributed by atoms with Gasteiger partial charge in [0.15, 0.2) is 0 Å². The first-order valence-electron chi connectivity index (χ1n) is 11.5. The molecule has 1 aliphatic heterocycles. The highest BCUT2D eigenvalue weighted by Gasteiger charge is 2.38. The van der Waals surface area contributed by atoms with Gasteiger partial charge in [-0.25, -0.2) is 0 Å². The van der Waals surface area contributed by atoms with Gasteiger partial charge in [0.05, 0.1) is 13.2 Å². The predicted molar refractivity (Wildman–Crippen MR) is 132 cm³/mol. The molecule has 170 valence electrons. The van der Waals surface area contributed by atoms with Gasteiger partial charge >= 0.3 is 0 Å². The molecular formula is C28H30N2O3. The van der Waals surface area contributed by atoms with Crippen LogP contribution in [-0.4, -0.2) is 25.0 Å². The van der Waals surface area contributed by atoms with Crippen molar-refractivity contribution in [3.63, 3.8) is 0 Å². The van der Waals surface area contributed by atoms with Crippen LogP contribution in [0.3, 0.4) is 0 Å². The van der Waals surface area contributed by atoms with E-state index in [9.17, 15) is 9.59 Å². The average molecular weight is 443 g/mol. The van der Waals surface area contributed by atoms with Crippen molar-refractivity contribution in [2.45, 2.75) is 45.2 Å². The molecule has 0 aliphatic carbocycles. The molecule has 5 nitrogen and oxygen atoms in total. The van der Waals surface area contributed by atoms with E-state index in [0.717, 1.165) is 23.4 Å². The highest BCUT2D eigenvalue weighted by Crippen LogP contribution is 2.43. The Morgan fingerprint density at radius 1 is 0.970 bits per heavy atom. The Kier molecular flexibility index (Phi) is 6.78. The first-order chi connectivity index (χ1) is 16.0. The lowest BCUT2D eigenvalue weighted by molar-refractivity contribution is -0.119. The molecule has 0 saturated heterocycles. The molecule has 3 aromatic carbocycles. The number of hydrogen-bond donors (Lipinski definition) is 0. The lowest BCUT2D eigenvalue weighted by atomic mass is 9.89. The van der Waals surface area contributed by atoms with Gasteiger partial charge in [-0.1, -0.05) is 43.3 Å². The lowest BCUT2D eigenvalue weighted by Gasteiger charge is -2.43. The van der Waals surface area contributed by atoms with Crippen LogP contribution in [-0.2, 0) is 4.79 Å². The van der Waals surface area contributed by atoms with Crippen LogP contribution in [0.15, 0.2) is 78.9 Å². The Balaban J connectivity index is 1.75. The second kappa shape index (κ2) is 9.90. The maximum absolute atomic E-state index is 13.6. The maximum Gasteiger partial charge on any atom is 0.258 e. The number of hydrogen-bond acceptors (Lipinski definition) is 3. The van der Waals surface area contributed by atoms with Crippen LogP contribution >= 0.6 is 0 Å². The zero-order chi connectivity index (χ0) is 23.4. The van der Waals surface area contributed by atoms with Gasteiger partial charge in [0.25, 0.3) is 5.91 Å². The summed E-state index contributed by atoms with van der Waals surface area (Å²) in [6.07, 6.45) is 1.92. The molecule has 1 heterocycles. The van der Waals surface area contributed by atoms with Crippen LogP contribution < -0.4 is 14.5 Å². The van der Waals surface area contributed by atoms with E-state index in [0.29, 0.717) is 24.2 Å². The zero-order valence-electron chi connectivity index (χ0n) is 19.4. The number of anilines is 2. The molecule has 0 saturated carbocycles. The summed E-state index contributed by atoms with van der Waals surface area (Å²) in [5.41, 5.74) is 3.34. The van der Waals surface area contributed by atoms with Crippen LogP contribution in [0.25, 0.3) is 0 Å². The van der Waals surface area contributed by atoms with Gasteiger partial charge in [0.2, 0.25) is 5.91 Å². The smallest absolute Gasteiger partial charge is 0.258 e. The number of carbonyl (C=O) groups excluding carboxylic acids is 2. The number of amides is 2. The van der Waals surface area contributed by atoms with Crippen LogP contribution in [0.4, 0.5) is 11.4 Å². The number of benzene rings is 3. The van der Waals surface area contributed by atoms with Crippen molar-refractivity contribution < 1.29 is 14.3 Å². The summed E-state index contributed by atoms with van der Waals surface area (Å²) in [6.45, 7) is 4.08. The number of methoxy groups -OCH3 is 1. The normalized spacial score (nSPS) is 17.2. The molecule has 33 heavy (non-hydrogen) atoms. The summed E-state index contributed by atoms with van der Waals surface area (Å²) in [5, 5.41) is 0. The summed E-state index contributed by atoms with van der Waals surface area (Å²) in [4.78, 5) is 30.6. The van der Waals surface area contributed by atoms with Crippen molar-refractivity contribution in [3.05, 3.63) is 90.0 Å². The van der Waals surface area contributed by atoms with Crippen molar-refractivity contribution >= 4 is 23.2 Å². The van der Waals surface area contributed by atoms with Crippen molar-refractivity contribution in [1.29, 1.82) is 0 Å². The van der Waals surface area contributed by atoms with Gasteiger partial charge in [0, 0.05) is 29.4 Å². The van der Waals surface area contributed by atoms with Gasteiger partial charge in [-0.15, -0.1) is 0 Å². The third kappa shape index (κ3) is 4.49. The minimum atomic E-state index is -0.141. The van der Waals surface area contributed by atoms with Crippen molar-refractivity contribution in [2.75, 3.05) is 16.9 Å². The van der Waals surface area contributed by atoms with Gasteiger partial charge in [-0.2, -0.15) is 0 Å². The largest absolute Gasteiger partial charge is 0.497 e. The average Bonchev–Trinajstić information content (AvgIpc) is 2.85. The SMILES string of the molecule is CCCC(=O)N(c1ccccc1)[C@@H]1C[C@H](C)N(C(=O)c2ccc(OC)cc2)c2ccccc21. The topological polar surface area (TPSA) is 49.9 Å². The molecule has 1 aliphatic rings. The second-order valence-electron chi connectivity index (χ2n) is 8.41. The molecule has 2 amide bonds. The molecular weight excluding hydrogens is 412 g/mol. The van der Waals surface area contributed by atoms with E-state index in [1.165, 1.54) is 0 Å². The number of nitrogens with zero attached hydrogens (tertiary/aromatic N) is 2. The Labute approximate surface area is 195 Å². The number of carbonyl (C=O) groups is 2. The number of ether oxygens (including phenoxy) is 1. The van der Waals surface area contributed by atoms with Gasteiger partial charge < -0.3 is 14.5 Å². The van der Waals surface area contributed by atoms with Crippen LogP contribution in [0.1, 0.15) is 55.1 Å². The predicted octanol–water partition coefficient (Wildman–Crippen LogP) is 6.01. The number of fused-ring (bicyclic) bond motifs is 1. The van der Waals surface area contributed by atoms with Crippen molar-refractivity contribution in [3.8, 4) is 5.75 Å². The maximum atomic E-state index is 13.6. The van der Waals surface area contributed by atoms with Gasteiger partial charge in [0.1, 0.15) is 5.75 Å². The molecule has 2 atom stereocenters. The van der Waals surface area contributed by atoms with E-state index in [1.54, 1.807) is 31.4 Å². The van der Waals surface area contributed by atoms with Crippen LogP contribution in [0, 0.1) is 0 Å². The molecule has 0 N–H and O–H groups in total. The first kappa shape index (κ1) is 22.6. The van der Waals surface area contributed by atoms with Crippen LogP contribution in [0.5, 0.6) is 5.75 Å². The lowest BCUT2D eigenvalue weighted by Crippen LogP contribution is -2.47. The summed E-state index contributed by atoms with van der Waals surface area (Å²) in [5.74, 6) is 0.763. The fraction of sp³-hybridized carbons (Fsp3) is 0.286. The quantitative estimate of drug-likeness (QED) is 0.470. The molecule has 5 heteroatoms. The Morgan fingerprint density at radius 2 is 1.64 bits per heavy atom. The van der Waals surface area contributed by atoms with E-state index >= 15 is 0 Å². The third-order valence-electron chi connectivity index (χ3n) is 6.19. The first-order valence-corrected chi connectivity index (χ1v) is 11.5. The molecule has 0 bridgehead atoms. The van der Waals surface area contributed by atoms with Crippen molar-refractivity contribution in [1.82, 2.24) is 0 Å². The van der Waals surface area contributed by atoms with Crippen molar-refractivity contribution in [2.24, 2.45) is 0 Å². The highest BCUT2D eigenvalue weighted by atomic mass is 16.5. The zero-order valence-corrected chi connectivity index (χ0v) is 19.4. The highest BCUT2D eigenvalue weighted by molar-refractivity contribution is 6.07. The van der Waals surface area contributed by atoms with E-state index in [2.05, 4.69) is 6.92 Å². The minimum absolute atomic E-state index is 0.0535. The Hall–Kier alpha value is -3.60. The Bertz CT molecular complexity index is 1110. The molecule has 0 spiro atoms. The van der Waals surface area contributed by atoms with E-state index in [-0.39, 0.29) is 23.9 Å². The standard InChI is InChI=1S/C28H30N2O3/c1-4-10-27(31)30(22-11-6-5-7-12-22)26-19-20(2)29(25-14-9-8-13-24(25)26)28(32)21-15-17-23(33-3)18-16-21/h5-9,11-18,20,26H,4,10,19H2,1-3H3/t20-,26+/m0/s1. The second-order valence-corrected chi connectivity index (χ2v) is 8.41. The number of rotatable bonds is 6. The fourth-order valence-electron chi connectivity index (χ4n) is 4.63. The summed E-state index contributed by atoms with van der Waals surface area (Å²) in [6, 6.07) is 24.7. The fourth-order valence-corrected chi connectivity index (χ4v) is 4.63. The minimum Gasteiger partial charge on any atom is -0.497 e. The molecule has 3 aromatic rings. The molecule has 0 radical (unpaired) electrons. The number of para-hydroxylation sites is 2. The monoisotopic (exact) mass is 442 g/mol. The van der Waals surface area contributed by atoms with Gasteiger partial charge in [-0.05, 0) is 67.8 Å². The molecule has 0 fully saturated rings. The Morgan fingerprint density at radius 3 is 2.30 bits per heavy atom. The van der Waals surface area contributed by atoms with Gasteiger partial charge in [-0.3, -0.25) is 9.59 Å². The molecule has 0 unspecified atom stereocenters. The molecule has 0 aromatic heterocycles. The third-order valence-corrected chi connectivity index (χ3v) is 6.19.